The molecule has 1 atom stereocenters. The summed E-state index contributed by atoms with van der Waals surface area (Å²) in [5.74, 6) is 0. The number of fused-ring (bicyclic) bond motifs is 1. The van der Waals surface area contributed by atoms with Gasteiger partial charge >= 0.3 is 0 Å². The van der Waals surface area contributed by atoms with Gasteiger partial charge in [0.25, 0.3) is 5.69 Å². The Bertz CT molecular complexity index is 656. The molecule has 0 saturated carbocycles. The van der Waals surface area contributed by atoms with E-state index in [-0.39, 0.29) is 10.6 Å². The first kappa shape index (κ1) is 13.5. The number of aryl methyl sites for hydroxylation is 1. The Morgan fingerprint density at radius 3 is 3.10 bits per heavy atom. The molecule has 1 aromatic carbocycles. The summed E-state index contributed by atoms with van der Waals surface area (Å²) in [4.78, 5) is 11.7. The van der Waals surface area contributed by atoms with E-state index in [0.29, 0.717) is 12.6 Å². The Morgan fingerprint density at radius 1 is 1.45 bits per heavy atom. The van der Waals surface area contributed by atoms with Crippen molar-refractivity contribution in [2.24, 2.45) is 0 Å². The van der Waals surface area contributed by atoms with E-state index >= 15 is 0 Å². The van der Waals surface area contributed by atoms with Gasteiger partial charge in [0, 0.05) is 29.6 Å². The second-order valence-corrected chi connectivity index (χ2v) is 6.60. The van der Waals surface area contributed by atoms with Crippen LogP contribution in [0.3, 0.4) is 0 Å². The Kier molecular flexibility index (Phi) is 3.74. The lowest BCUT2D eigenvalue weighted by Gasteiger charge is -2.12. The Labute approximate surface area is 125 Å². The maximum absolute atomic E-state index is 10.8. The lowest BCUT2D eigenvalue weighted by Crippen LogP contribution is -2.18. The van der Waals surface area contributed by atoms with E-state index in [9.17, 15) is 10.1 Å². The average molecular weight is 309 g/mol. The third-order valence-corrected chi connectivity index (χ3v) is 4.86. The zero-order valence-corrected chi connectivity index (χ0v) is 12.2. The fraction of sp³-hybridized carbons (Fsp3) is 0.286. The van der Waals surface area contributed by atoms with Gasteiger partial charge < -0.3 is 5.32 Å². The molecular formula is C14H13ClN2O2S. The number of nitrogens with one attached hydrogen (secondary N) is 1. The van der Waals surface area contributed by atoms with E-state index in [1.54, 1.807) is 23.5 Å². The third kappa shape index (κ3) is 2.70. The monoisotopic (exact) mass is 308 g/mol. The molecule has 0 amide bonds. The van der Waals surface area contributed by atoms with Crippen LogP contribution in [0.25, 0.3) is 0 Å². The number of halogens is 1. The van der Waals surface area contributed by atoms with E-state index in [2.05, 4.69) is 5.32 Å². The molecule has 20 heavy (non-hydrogen) atoms. The minimum absolute atomic E-state index is 0.134. The normalized spacial score (nSPS) is 17.1. The van der Waals surface area contributed by atoms with Crippen molar-refractivity contribution < 1.29 is 4.92 Å². The summed E-state index contributed by atoms with van der Waals surface area (Å²) in [6.45, 7) is 0.624. The molecule has 2 aromatic rings. The van der Waals surface area contributed by atoms with Crippen LogP contribution in [-0.2, 0) is 13.0 Å². The van der Waals surface area contributed by atoms with Gasteiger partial charge in [-0.1, -0.05) is 23.7 Å². The predicted molar refractivity (Wildman–Crippen MR) is 80.3 cm³/mol. The second kappa shape index (κ2) is 5.52. The van der Waals surface area contributed by atoms with Crippen molar-refractivity contribution in [2.45, 2.75) is 25.4 Å². The molecule has 0 spiro atoms. The van der Waals surface area contributed by atoms with Crippen LogP contribution in [0.1, 0.15) is 28.5 Å². The highest BCUT2D eigenvalue weighted by atomic mass is 35.5. The summed E-state index contributed by atoms with van der Waals surface area (Å²) in [7, 11) is 0. The van der Waals surface area contributed by atoms with E-state index in [1.807, 2.05) is 12.1 Å². The molecule has 0 radical (unpaired) electrons. The summed E-state index contributed by atoms with van der Waals surface area (Å²) in [6, 6.07) is 9.07. The summed E-state index contributed by atoms with van der Waals surface area (Å²) < 4.78 is 0.830. The number of non-ortho nitro benzene ring substituents is 1. The highest BCUT2D eigenvalue weighted by molar-refractivity contribution is 7.16. The first-order valence-corrected chi connectivity index (χ1v) is 7.58. The fourth-order valence-electron chi connectivity index (χ4n) is 2.56. The van der Waals surface area contributed by atoms with Crippen LogP contribution in [-0.4, -0.2) is 4.92 Å². The maximum Gasteiger partial charge on any atom is 0.269 e. The van der Waals surface area contributed by atoms with Crippen molar-refractivity contribution in [3.8, 4) is 0 Å². The van der Waals surface area contributed by atoms with Gasteiger partial charge in [-0.3, -0.25) is 10.1 Å². The highest BCUT2D eigenvalue weighted by Crippen LogP contribution is 2.39. The quantitative estimate of drug-likeness (QED) is 0.684. The Balaban J connectivity index is 1.68. The lowest BCUT2D eigenvalue weighted by atomic mass is 10.1. The van der Waals surface area contributed by atoms with Crippen molar-refractivity contribution in [1.82, 2.24) is 5.32 Å². The van der Waals surface area contributed by atoms with Gasteiger partial charge in [-0.05, 0) is 30.0 Å². The maximum atomic E-state index is 10.8. The molecule has 0 aliphatic heterocycles. The smallest absolute Gasteiger partial charge is 0.269 e. The fourth-order valence-corrected chi connectivity index (χ4v) is 3.92. The van der Waals surface area contributed by atoms with Crippen molar-refractivity contribution in [3.05, 3.63) is 60.8 Å². The number of rotatable bonds is 4. The number of nitro benzene ring substituents is 1. The number of thiophene rings is 1. The zero-order valence-electron chi connectivity index (χ0n) is 10.6. The van der Waals surface area contributed by atoms with Gasteiger partial charge in [0.1, 0.15) is 0 Å². The van der Waals surface area contributed by atoms with Crippen molar-refractivity contribution in [2.75, 3.05) is 0 Å². The standard InChI is InChI=1S/C14H13ClN2O2S/c15-14-7-11-12(4-5-13(11)20-14)16-8-9-2-1-3-10(6-9)17(18)19/h1-3,6-7,12,16H,4-5,8H2. The molecule has 0 fully saturated rings. The minimum Gasteiger partial charge on any atom is -0.306 e. The largest absolute Gasteiger partial charge is 0.306 e. The number of benzene rings is 1. The topological polar surface area (TPSA) is 55.2 Å². The third-order valence-electron chi connectivity index (χ3n) is 3.52. The SMILES string of the molecule is O=[N+]([O-])c1cccc(CNC2CCc3sc(Cl)cc32)c1. The van der Waals surface area contributed by atoms with Gasteiger partial charge in [-0.2, -0.15) is 0 Å². The van der Waals surface area contributed by atoms with E-state index in [1.165, 1.54) is 16.5 Å². The van der Waals surface area contributed by atoms with Crippen LogP contribution >= 0.6 is 22.9 Å². The van der Waals surface area contributed by atoms with E-state index in [4.69, 9.17) is 11.6 Å². The van der Waals surface area contributed by atoms with Crippen LogP contribution in [0.15, 0.2) is 30.3 Å². The van der Waals surface area contributed by atoms with Crippen molar-refractivity contribution in [1.29, 1.82) is 0 Å². The van der Waals surface area contributed by atoms with Gasteiger partial charge in [0.15, 0.2) is 0 Å². The van der Waals surface area contributed by atoms with Crippen molar-refractivity contribution in [3.63, 3.8) is 0 Å². The minimum atomic E-state index is -0.365. The van der Waals surface area contributed by atoms with Crippen LogP contribution in [0.5, 0.6) is 0 Å². The Morgan fingerprint density at radius 2 is 2.30 bits per heavy atom. The molecule has 4 nitrogen and oxygen atoms in total. The average Bonchev–Trinajstić information content (AvgIpc) is 2.96. The van der Waals surface area contributed by atoms with Crippen LogP contribution in [0.4, 0.5) is 5.69 Å². The van der Waals surface area contributed by atoms with Gasteiger partial charge in [0.2, 0.25) is 0 Å². The van der Waals surface area contributed by atoms with Crippen LogP contribution in [0, 0.1) is 10.1 Å². The molecule has 0 bridgehead atoms. The number of hydrogen-bond donors (Lipinski definition) is 1. The van der Waals surface area contributed by atoms with Gasteiger partial charge in [-0.15, -0.1) is 11.3 Å². The van der Waals surface area contributed by atoms with Crippen LogP contribution < -0.4 is 5.32 Å². The van der Waals surface area contributed by atoms with Gasteiger partial charge in [-0.25, -0.2) is 0 Å². The summed E-state index contributed by atoms with van der Waals surface area (Å²) >= 11 is 7.68. The molecule has 1 aliphatic rings. The molecule has 6 heteroatoms. The Hall–Kier alpha value is -1.43. The van der Waals surface area contributed by atoms with Crippen LogP contribution in [0.2, 0.25) is 4.34 Å². The molecule has 1 aliphatic carbocycles. The molecule has 104 valence electrons. The molecule has 1 N–H and O–H groups in total. The summed E-state index contributed by atoms with van der Waals surface area (Å²) in [5, 5.41) is 14.2. The van der Waals surface area contributed by atoms with Crippen molar-refractivity contribution >= 4 is 28.6 Å². The molecule has 1 unspecified atom stereocenters. The van der Waals surface area contributed by atoms with Gasteiger partial charge in [0.05, 0.1) is 9.26 Å². The number of nitro groups is 1. The predicted octanol–water partition coefficient (Wildman–Crippen LogP) is 4.09. The summed E-state index contributed by atoms with van der Waals surface area (Å²) in [5.41, 5.74) is 2.34. The highest BCUT2D eigenvalue weighted by Gasteiger charge is 2.24. The molecule has 1 heterocycles. The molecule has 1 aromatic heterocycles. The number of nitrogens with zero attached hydrogens (tertiary/aromatic N) is 1. The molecule has 0 saturated heterocycles. The molecular weight excluding hydrogens is 296 g/mol. The van der Waals surface area contributed by atoms with E-state index in [0.717, 1.165) is 22.7 Å². The lowest BCUT2D eigenvalue weighted by molar-refractivity contribution is -0.384. The summed E-state index contributed by atoms with van der Waals surface area (Å²) in [6.07, 6.45) is 2.12. The van der Waals surface area contributed by atoms with E-state index < -0.39 is 0 Å². The zero-order chi connectivity index (χ0) is 14.1. The first-order valence-electron chi connectivity index (χ1n) is 6.38. The molecule has 3 rings (SSSR count). The second-order valence-electron chi connectivity index (χ2n) is 4.83. The number of hydrogen-bond acceptors (Lipinski definition) is 4. The first-order chi connectivity index (χ1) is 9.63.